The van der Waals surface area contributed by atoms with E-state index in [1.807, 2.05) is 31.2 Å². The number of rotatable bonds is 4. The lowest BCUT2D eigenvalue weighted by molar-refractivity contribution is -0.124. The van der Waals surface area contributed by atoms with E-state index in [0.29, 0.717) is 12.3 Å². The Hall–Kier alpha value is -1.33. The number of carbonyl (C=O) groups excluding carboxylic acids is 1. The fourth-order valence-electron chi connectivity index (χ4n) is 1.91. The van der Waals surface area contributed by atoms with Crippen molar-refractivity contribution in [3.63, 3.8) is 0 Å². The maximum absolute atomic E-state index is 11.6. The van der Waals surface area contributed by atoms with Crippen molar-refractivity contribution >= 4 is 32.8 Å². The number of hydrogen-bond acceptors (Lipinski definition) is 3. The molecule has 0 aliphatic rings. The topological polar surface area (TPSA) is 68.3 Å². The molecule has 18 heavy (non-hydrogen) atoms. The average molecular weight is 311 g/mol. The monoisotopic (exact) mass is 310 g/mol. The minimum absolute atomic E-state index is 0.456. The zero-order valence-corrected chi connectivity index (χ0v) is 11.9. The van der Waals surface area contributed by atoms with Crippen molar-refractivity contribution in [2.24, 2.45) is 5.73 Å². The Bertz CT molecular complexity index is 594. The second-order valence-electron chi connectivity index (χ2n) is 4.31. The first kappa shape index (κ1) is 13.1. The zero-order chi connectivity index (χ0) is 13.3. The molecule has 0 saturated heterocycles. The van der Waals surface area contributed by atoms with Gasteiger partial charge in [-0.2, -0.15) is 0 Å². The molecule has 96 valence electrons. The van der Waals surface area contributed by atoms with Gasteiger partial charge in [0.15, 0.2) is 5.54 Å². The van der Waals surface area contributed by atoms with E-state index < -0.39 is 11.4 Å². The Labute approximate surface area is 114 Å². The summed E-state index contributed by atoms with van der Waals surface area (Å²) in [5.74, 6) is 0.0763. The van der Waals surface area contributed by atoms with Crippen LogP contribution < -0.4 is 11.1 Å². The zero-order valence-electron chi connectivity index (χ0n) is 10.3. The maximum Gasteiger partial charge on any atom is 0.245 e. The largest absolute Gasteiger partial charge is 0.459 e. The molecule has 0 aliphatic heterocycles. The van der Waals surface area contributed by atoms with Gasteiger partial charge in [-0.3, -0.25) is 10.1 Å². The highest BCUT2D eigenvalue weighted by Gasteiger charge is 2.35. The average Bonchev–Trinajstić information content (AvgIpc) is 2.72. The van der Waals surface area contributed by atoms with Crippen LogP contribution in [0.4, 0.5) is 0 Å². The third-order valence-electron chi connectivity index (χ3n) is 2.99. The second-order valence-corrected chi connectivity index (χ2v) is 5.23. The lowest BCUT2D eigenvalue weighted by Gasteiger charge is -2.24. The number of primary amides is 1. The van der Waals surface area contributed by atoms with Crippen LogP contribution in [0.1, 0.15) is 19.6 Å². The summed E-state index contributed by atoms with van der Waals surface area (Å²) in [5.41, 5.74) is 5.22. The van der Waals surface area contributed by atoms with E-state index in [4.69, 9.17) is 10.2 Å². The van der Waals surface area contributed by atoms with Crippen LogP contribution in [0.5, 0.6) is 0 Å². The molecule has 2 aromatic rings. The number of amides is 1. The highest BCUT2D eigenvalue weighted by molar-refractivity contribution is 9.10. The van der Waals surface area contributed by atoms with Crippen LogP contribution in [-0.4, -0.2) is 12.5 Å². The van der Waals surface area contributed by atoms with Gasteiger partial charge in [-0.15, -0.1) is 0 Å². The van der Waals surface area contributed by atoms with E-state index in [2.05, 4.69) is 21.2 Å². The highest BCUT2D eigenvalue weighted by atomic mass is 79.9. The van der Waals surface area contributed by atoms with Gasteiger partial charge in [0.2, 0.25) is 5.91 Å². The molecule has 0 fully saturated rings. The van der Waals surface area contributed by atoms with Crippen LogP contribution in [0.3, 0.4) is 0 Å². The Morgan fingerprint density at radius 3 is 2.83 bits per heavy atom. The number of furan rings is 1. The van der Waals surface area contributed by atoms with E-state index in [1.165, 1.54) is 0 Å². The molecule has 1 amide bonds. The molecule has 0 spiro atoms. The van der Waals surface area contributed by atoms with E-state index in [-0.39, 0.29) is 0 Å². The first-order valence-corrected chi connectivity index (χ1v) is 6.51. The molecule has 0 saturated carbocycles. The molecule has 0 radical (unpaired) electrons. The molecule has 2 rings (SSSR count). The highest BCUT2D eigenvalue weighted by Crippen LogP contribution is 2.29. The van der Waals surface area contributed by atoms with Crippen molar-refractivity contribution in [1.82, 2.24) is 5.32 Å². The molecule has 1 aromatic heterocycles. The number of fused-ring (bicyclic) bond motifs is 1. The third kappa shape index (κ3) is 2.15. The molecular formula is C13H15BrN2O2. The standard InChI is InChI=1S/C13H15BrN2O2/c1-3-16-13(2,12(15)17)11-7-8-6-9(14)4-5-10(8)18-11/h4-7,16H,3H2,1-2H3,(H2,15,17). The molecular weight excluding hydrogens is 296 g/mol. The summed E-state index contributed by atoms with van der Waals surface area (Å²) in [6.07, 6.45) is 0. The first-order chi connectivity index (χ1) is 8.47. The molecule has 3 N–H and O–H groups in total. The lowest BCUT2D eigenvalue weighted by atomic mass is 9.98. The quantitative estimate of drug-likeness (QED) is 0.911. The molecule has 0 aliphatic carbocycles. The third-order valence-corrected chi connectivity index (χ3v) is 3.49. The summed E-state index contributed by atoms with van der Waals surface area (Å²) >= 11 is 3.40. The fourth-order valence-corrected chi connectivity index (χ4v) is 2.29. The van der Waals surface area contributed by atoms with Gasteiger partial charge in [-0.25, -0.2) is 0 Å². The number of likely N-dealkylation sites (N-methyl/N-ethyl adjacent to an activating group) is 1. The number of carbonyl (C=O) groups is 1. The van der Waals surface area contributed by atoms with Crippen molar-refractivity contribution in [3.05, 3.63) is 34.5 Å². The Balaban J connectivity index is 2.55. The smallest absolute Gasteiger partial charge is 0.245 e. The van der Waals surface area contributed by atoms with Crippen molar-refractivity contribution < 1.29 is 9.21 Å². The van der Waals surface area contributed by atoms with E-state index >= 15 is 0 Å². The number of hydrogen-bond donors (Lipinski definition) is 2. The number of halogens is 1. The van der Waals surface area contributed by atoms with Gasteiger partial charge >= 0.3 is 0 Å². The predicted octanol–water partition coefficient (Wildman–Crippen LogP) is 2.51. The Morgan fingerprint density at radius 2 is 2.22 bits per heavy atom. The van der Waals surface area contributed by atoms with Crippen molar-refractivity contribution in [2.45, 2.75) is 19.4 Å². The van der Waals surface area contributed by atoms with Crippen molar-refractivity contribution in [1.29, 1.82) is 0 Å². The van der Waals surface area contributed by atoms with Crippen LogP contribution in [0.2, 0.25) is 0 Å². The molecule has 1 heterocycles. The molecule has 1 aromatic carbocycles. The number of nitrogens with two attached hydrogens (primary N) is 1. The van der Waals surface area contributed by atoms with Gasteiger partial charge in [-0.05, 0) is 37.7 Å². The Morgan fingerprint density at radius 1 is 1.50 bits per heavy atom. The van der Waals surface area contributed by atoms with Gasteiger partial charge in [0.1, 0.15) is 11.3 Å². The van der Waals surface area contributed by atoms with Crippen LogP contribution in [0, 0.1) is 0 Å². The van der Waals surface area contributed by atoms with Crippen LogP contribution in [0.25, 0.3) is 11.0 Å². The minimum atomic E-state index is -0.986. The summed E-state index contributed by atoms with van der Waals surface area (Å²) < 4.78 is 6.68. The van der Waals surface area contributed by atoms with Gasteiger partial charge in [-0.1, -0.05) is 22.9 Å². The van der Waals surface area contributed by atoms with Gasteiger partial charge in [0, 0.05) is 9.86 Å². The minimum Gasteiger partial charge on any atom is -0.459 e. The Kier molecular flexibility index (Phi) is 3.45. The molecule has 4 nitrogen and oxygen atoms in total. The van der Waals surface area contributed by atoms with Crippen molar-refractivity contribution in [3.8, 4) is 0 Å². The fraction of sp³-hybridized carbons (Fsp3) is 0.308. The summed E-state index contributed by atoms with van der Waals surface area (Å²) in [5, 5.41) is 4.01. The molecule has 0 bridgehead atoms. The first-order valence-electron chi connectivity index (χ1n) is 5.72. The van der Waals surface area contributed by atoms with Crippen molar-refractivity contribution in [2.75, 3.05) is 6.54 Å². The van der Waals surface area contributed by atoms with E-state index in [1.54, 1.807) is 6.92 Å². The van der Waals surface area contributed by atoms with E-state index in [9.17, 15) is 4.79 Å². The molecule has 1 unspecified atom stereocenters. The number of benzene rings is 1. The van der Waals surface area contributed by atoms with Gasteiger partial charge < -0.3 is 10.2 Å². The SMILES string of the molecule is CCNC(C)(C(N)=O)c1cc2cc(Br)ccc2o1. The lowest BCUT2D eigenvalue weighted by Crippen LogP contribution is -2.50. The maximum atomic E-state index is 11.6. The molecule has 5 heteroatoms. The van der Waals surface area contributed by atoms with Crippen LogP contribution >= 0.6 is 15.9 Å². The number of nitrogens with one attached hydrogen (secondary N) is 1. The van der Waals surface area contributed by atoms with Gasteiger partial charge in [0.05, 0.1) is 0 Å². The summed E-state index contributed by atoms with van der Waals surface area (Å²) in [6, 6.07) is 7.53. The van der Waals surface area contributed by atoms with E-state index in [0.717, 1.165) is 15.4 Å². The summed E-state index contributed by atoms with van der Waals surface area (Å²) in [6.45, 7) is 4.27. The van der Waals surface area contributed by atoms with Crippen LogP contribution in [0.15, 0.2) is 33.2 Å². The summed E-state index contributed by atoms with van der Waals surface area (Å²) in [7, 11) is 0. The second kappa shape index (κ2) is 4.74. The van der Waals surface area contributed by atoms with Gasteiger partial charge in [0.25, 0.3) is 0 Å². The normalized spacial score (nSPS) is 14.6. The van der Waals surface area contributed by atoms with Crippen LogP contribution in [-0.2, 0) is 10.3 Å². The molecule has 1 atom stereocenters. The summed E-state index contributed by atoms with van der Waals surface area (Å²) in [4.78, 5) is 11.6. The predicted molar refractivity (Wildman–Crippen MR) is 74.1 cm³/mol.